The Balaban J connectivity index is 5.13. The van der Waals surface area contributed by atoms with Crippen LogP contribution in [0.25, 0.3) is 0 Å². The molecule has 494 valence electrons. The number of carbonyl (C=O) groups excluding carboxylic acids is 9. The normalized spacial score (nSPS) is 15.3. The number of ether oxygens (including phenoxy) is 3. The van der Waals surface area contributed by atoms with Crippen molar-refractivity contribution in [2.45, 2.75) is 289 Å². The van der Waals surface area contributed by atoms with E-state index in [1.54, 1.807) is 0 Å². The molecule has 0 saturated heterocycles. The molecule has 0 heterocycles. The monoisotopic (exact) mass is 1240 g/mol. The summed E-state index contributed by atoms with van der Waals surface area (Å²) in [7, 11) is -4.81. The number of carbonyl (C=O) groups is 9. The summed E-state index contributed by atoms with van der Waals surface area (Å²) in [5.74, 6) is -6.18. The highest BCUT2D eigenvalue weighted by Crippen LogP contribution is 2.43. The van der Waals surface area contributed by atoms with Crippen LogP contribution in [-0.2, 0) is 71.0 Å². The molecule has 0 fully saturated rings. The van der Waals surface area contributed by atoms with E-state index in [0.29, 0.717) is 12.8 Å². The molecule has 25 nitrogen and oxygen atoms in total. The lowest BCUT2D eigenvalue weighted by molar-refractivity contribution is -0.161. The molecule has 0 aromatic carbocycles. The van der Waals surface area contributed by atoms with Gasteiger partial charge in [0, 0.05) is 32.7 Å². The van der Waals surface area contributed by atoms with Crippen LogP contribution >= 0.6 is 7.82 Å². The van der Waals surface area contributed by atoms with Crippen molar-refractivity contribution in [1.29, 1.82) is 0 Å². The zero-order valence-corrected chi connectivity index (χ0v) is 52.9. The minimum atomic E-state index is -4.81. The van der Waals surface area contributed by atoms with Gasteiger partial charge in [0.2, 0.25) is 35.4 Å². The van der Waals surface area contributed by atoms with Crippen molar-refractivity contribution < 1.29 is 91.2 Å². The molecular weight excluding hydrogens is 1130 g/mol. The summed E-state index contributed by atoms with van der Waals surface area (Å²) in [4.78, 5) is 123. The van der Waals surface area contributed by atoms with E-state index in [1.165, 1.54) is 130 Å². The van der Waals surface area contributed by atoms with Gasteiger partial charge in [-0.2, -0.15) is 0 Å². The van der Waals surface area contributed by atoms with E-state index in [-0.39, 0.29) is 32.1 Å². The van der Waals surface area contributed by atoms with Gasteiger partial charge in [-0.3, -0.25) is 47.4 Å². The van der Waals surface area contributed by atoms with Crippen LogP contribution in [-0.4, -0.2) is 162 Å². The highest BCUT2D eigenvalue weighted by Gasteiger charge is 2.37. The maximum Gasteiger partial charge on any atom is 0.472 e. The van der Waals surface area contributed by atoms with E-state index in [2.05, 4.69) is 40.4 Å². The summed E-state index contributed by atoms with van der Waals surface area (Å²) in [5, 5.41) is 41.4. The maximum atomic E-state index is 13.0. The van der Waals surface area contributed by atoms with Gasteiger partial charge in [0.1, 0.15) is 61.5 Å². The van der Waals surface area contributed by atoms with Gasteiger partial charge >= 0.3 is 19.8 Å². The third-order valence-electron chi connectivity index (χ3n) is 14.1. The number of nitrogens with two attached hydrogens (primary N) is 1. The smallest absolute Gasteiger partial charge is 0.462 e. The number of hydrogen-bond acceptors (Lipinski definition) is 18. The van der Waals surface area contributed by atoms with Crippen LogP contribution in [0.15, 0.2) is 0 Å². The molecule has 85 heavy (non-hydrogen) atoms. The van der Waals surface area contributed by atoms with Gasteiger partial charge in [-0.15, -0.1) is 0 Å². The molecule has 6 amide bonds. The molecule has 26 heteroatoms. The fraction of sp³-hybridized carbons (Fsp3) is 0.847. The topological polar surface area (TPSA) is 384 Å². The van der Waals surface area contributed by atoms with Crippen LogP contribution in [0.5, 0.6) is 0 Å². The van der Waals surface area contributed by atoms with Gasteiger partial charge in [-0.1, -0.05) is 168 Å². The lowest BCUT2D eigenvalue weighted by Crippen LogP contribution is -2.57. The molecule has 10 atom stereocenters. The third-order valence-corrected chi connectivity index (χ3v) is 15.1. The fourth-order valence-corrected chi connectivity index (χ4v) is 9.71. The van der Waals surface area contributed by atoms with E-state index in [4.69, 9.17) is 29.0 Å². The molecule has 0 aliphatic carbocycles. The predicted molar refractivity (Wildman–Crippen MR) is 319 cm³/mol. The first-order valence-corrected chi connectivity index (χ1v) is 32.8. The molecule has 11 N–H and O–H groups in total. The summed E-state index contributed by atoms with van der Waals surface area (Å²) in [6.45, 7) is 6.40. The van der Waals surface area contributed by atoms with Crippen molar-refractivity contribution in [2.24, 2.45) is 5.73 Å². The molecule has 0 aromatic heterocycles. The van der Waals surface area contributed by atoms with Gasteiger partial charge in [-0.05, 0) is 40.0 Å². The van der Waals surface area contributed by atoms with Gasteiger partial charge in [-0.25, -0.2) is 4.57 Å². The van der Waals surface area contributed by atoms with E-state index < -0.39 is 143 Å². The minimum absolute atomic E-state index is 0.105. The van der Waals surface area contributed by atoms with E-state index >= 15 is 0 Å². The Labute approximate surface area is 505 Å². The zero-order chi connectivity index (χ0) is 63.8. The second-order valence-electron chi connectivity index (χ2n) is 22.0. The summed E-state index contributed by atoms with van der Waals surface area (Å²) >= 11 is 0. The van der Waals surface area contributed by atoms with E-state index in [0.717, 1.165) is 51.9 Å². The highest BCUT2D eigenvalue weighted by atomic mass is 31.2. The number of esters is 2. The molecule has 2 unspecified atom stereocenters. The number of aldehydes is 1. The Morgan fingerprint density at radius 2 is 1.06 bits per heavy atom. The Kier molecular flexibility index (Phi) is 47.6. The van der Waals surface area contributed by atoms with Crippen LogP contribution < -0.4 is 32.3 Å². The quantitative estimate of drug-likeness (QED) is 0.0153. The Hall–Kier alpha value is -4.62. The van der Waals surface area contributed by atoms with Gasteiger partial charge in [0.05, 0.1) is 19.8 Å². The number of phosphoric acid groups is 1. The second-order valence-corrected chi connectivity index (χ2v) is 23.5. The van der Waals surface area contributed by atoms with Gasteiger partial charge < -0.3 is 71.5 Å². The third kappa shape index (κ3) is 42.8. The van der Waals surface area contributed by atoms with Crippen LogP contribution in [0.1, 0.15) is 234 Å². The minimum Gasteiger partial charge on any atom is -0.462 e. The molecule has 0 spiro atoms. The average Bonchev–Trinajstić information content (AvgIpc) is 3.67. The number of aliphatic hydroxyl groups is 3. The van der Waals surface area contributed by atoms with Crippen LogP contribution in [0.3, 0.4) is 0 Å². The SMILES string of the molecule is CCCCCCCCCCCCCCCC(=O)OC[C@H](COP(=O)(O)OCCNC(=O)[C@H](C)NC(=O)CC[C@@H](NC(=O)[C@H](C)NC(=O)[C@@H](C)O[C@H](C(C=O)NC(C)=O)[C@H](O)[C@H](O)CO)C(N)=O)OC(=O)CCCCCCCCCCCCCCC. The van der Waals surface area contributed by atoms with Crippen LogP contribution in [0.4, 0.5) is 0 Å². The van der Waals surface area contributed by atoms with Crippen LogP contribution in [0.2, 0.25) is 0 Å². The number of phosphoric ester groups is 1. The standard InChI is InChI=1S/C59H109N6O19P/c1-7-9-11-13-15-17-19-21-23-25-27-29-31-33-52(71)80-41-47(84-53(72)34-32-30-28-26-24-22-20-18-16-14-12-10-8-2)42-82-85(78,79)81-38-37-61-57(75)43(3)62-51(70)36-35-48(56(60)74)65-58(76)44(4)63-59(77)45(5)83-55(54(73)50(69)40-67)49(39-66)64-46(6)68/h39,43-45,47-50,54-55,67,69,73H,7-38,40-42H2,1-6H3,(H2,60,74)(H,61,75)(H,62,70)(H,63,77)(H,64,68)(H,65,76)(H,78,79)/t43-,44-,45+,47+,48+,49?,50+,54+,55+/m0/s1. The van der Waals surface area contributed by atoms with Gasteiger partial charge in [0.25, 0.3) is 0 Å². The molecule has 0 aromatic rings. The number of hydrogen-bond donors (Lipinski definition) is 10. The molecule has 0 rings (SSSR count). The number of aliphatic hydroxyl groups excluding tert-OH is 3. The van der Waals surface area contributed by atoms with Crippen molar-refractivity contribution in [3.63, 3.8) is 0 Å². The number of nitrogens with one attached hydrogen (secondary N) is 5. The number of primary amides is 1. The largest absolute Gasteiger partial charge is 0.472 e. The van der Waals surface area contributed by atoms with Crippen molar-refractivity contribution in [1.82, 2.24) is 26.6 Å². The lowest BCUT2D eigenvalue weighted by atomic mass is 10.0. The first-order valence-electron chi connectivity index (χ1n) is 31.3. The van der Waals surface area contributed by atoms with Crippen molar-refractivity contribution in [3.05, 3.63) is 0 Å². The molecule has 0 radical (unpaired) electrons. The van der Waals surface area contributed by atoms with E-state index in [9.17, 15) is 67.9 Å². The predicted octanol–water partition coefficient (Wildman–Crippen LogP) is 5.60. The highest BCUT2D eigenvalue weighted by molar-refractivity contribution is 7.47. The van der Waals surface area contributed by atoms with Crippen molar-refractivity contribution in [2.75, 3.05) is 33.0 Å². The summed E-state index contributed by atoms with van der Waals surface area (Å²) in [6, 6.07) is -5.52. The number of amides is 6. The van der Waals surface area contributed by atoms with Crippen molar-refractivity contribution in [3.8, 4) is 0 Å². The van der Waals surface area contributed by atoms with Crippen LogP contribution in [0, 0.1) is 0 Å². The molecule has 0 aliphatic rings. The number of rotatable bonds is 56. The lowest BCUT2D eigenvalue weighted by Gasteiger charge is -2.32. The summed E-state index contributed by atoms with van der Waals surface area (Å²) in [6.07, 6.45) is 21.3. The van der Waals surface area contributed by atoms with Gasteiger partial charge in [0.15, 0.2) is 6.10 Å². The first kappa shape index (κ1) is 80.4. The second kappa shape index (κ2) is 50.4. The van der Waals surface area contributed by atoms with Crippen molar-refractivity contribution >= 4 is 61.5 Å². The fourth-order valence-electron chi connectivity index (χ4n) is 8.96. The average molecular weight is 1240 g/mol. The molecule has 0 aliphatic heterocycles. The zero-order valence-electron chi connectivity index (χ0n) is 52.0. The summed E-state index contributed by atoms with van der Waals surface area (Å²) < 4.78 is 39.5. The summed E-state index contributed by atoms with van der Waals surface area (Å²) in [5.41, 5.74) is 5.46. The first-order chi connectivity index (χ1) is 40.5. The van der Waals surface area contributed by atoms with E-state index in [1.807, 2.05) is 0 Å². The Bertz CT molecular complexity index is 1940. The number of unbranched alkanes of at least 4 members (excludes halogenated alkanes) is 24. The Morgan fingerprint density at radius 3 is 1.52 bits per heavy atom. The molecular formula is C59H109N6O19P. The Morgan fingerprint density at radius 1 is 0.588 bits per heavy atom. The molecule has 0 bridgehead atoms. The maximum absolute atomic E-state index is 13.0. The molecule has 0 saturated carbocycles.